The molecule has 140 valence electrons. The maximum Gasteiger partial charge on any atom is 0.338 e. The highest BCUT2D eigenvalue weighted by atomic mass is 32.2. The number of benzene rings is 2. The first-order valence-corrected chi connectivity index (χ1v) is 8.99. The molecule has 1 amide bonds. The summed E-state index contributed by atoms with van der Waals surface area (Å²) >= 11 is 1.40. The number of ether oxygens (including phenoxy) is 3. The van der Waals surface area contributed by atoms with Gasteiger partial charge in [0.1, 0.15) is 11.5 Å². The van der Waals surface area contributed by atoms with Gasteiger partial charge in [0.15, 0.2) is 6.61 Å². The van der Waals surface area contributed by atoms with Gasteiger partial charge < -0.3 is 19.5 Å². The third-order valence-corrected chi connectivity index (χ3v) is 4.96. The molecule has 0 fully saturated rings. The van der Waals surface area contributed by atoms with Gasteiger partial charge in [0.2, 0.25) is 11.7 Å². The number of Topliss-reactive ketones (excluding diaryl/α,β-unsaturated/α-hetero) is 1. The number of rotatable bonds is 6. The van der Waals surface area contributed by atoms with Crippen molar-refractivity contribution in [2.75, 3.05) is 31.9 Å². The van der Waals surface area contributed by atoms with E-state index in [0.29, 0.717) is 22.9 Å². The molecular formula is C19H17NO6S. The number of esters is 1. The summed E-state index contributed by atoms with van der Waals surface area (Å²) < 4.78 is 15.4. The molecule has 2 aromatic carbocycles. The number of thioether (sulfide) groups is 1. The van der Waals surface area contributed by atoms with E-state index >= 15 is 0 Å². The van der Waals surface area contributed by atoms with Crippen molar-refractivity contribution in [2.24, 2.45) is 0 Å². The molecule has 2 aromatic rings. The van der Waals surface area contributed by atoms with Crippen molar-refractivity contribution in [2.45, 2.75) is 4.90 Å². The number of hydrogen-bond acceptors (Lipinski definition) is 7. The Balaban J connectivity index is 1.70. The molecule has 8 heteroatoms. The van der Waals surface area contributed by atoms with E-state index in [0.717, 1.165) is 4.90 Å². The molecule has 0 spiro atoms. The fourth-order valence-electron chi connectivity index (χ4n) is 2.53. The fraction of sp³-hybridized carbons (Fsp3) is 0.211. The average molecular weight is 387 g/mol. The van der Waals surface area contributed by atoms with Crippen LogP contribution in [0.3, 0.4) is 0 Å². The Morgan fingerprint density at radius 1 is 1.11 bits per heavy atom. The van der Waals surface area contributed by atoms with Gasteiger partial charge in [-0.25, -0.2) is 4.79 Å². The number of anilines is 1. The number of carbonyl (C=O) groups excluding carboxylic acids is 3. The lowest BCUT2D eigenvalue weighted by Gasteiger charge is -2.16. The van der Waals surface area contributed by atoms with Crippen LogP contribution in [-0.4, -0.2) is 44.2 Å². The first-order valence-electron chi connectivity index (χ1n) is 8.01. The largest absolute Gasteiger partial charge is 0.497 e. The summed E-state index contributed by atoms with van der Waals surface area (Å²) in [6.07, 6.45) is 0. The van der Waals surface area contributed by atoms with Crippen molar-refractivity contribution < 1.29 is 28.6 Å². The quantitative estimate of drug-likeness (QED) is 0.602. The van der Waals surface area contributed by atoms with E-state index in [4.69, 9.17) is 14.2 Å². The van der Waals surface area contributed by atoms with Crippen LogP contribution in [0.1, 0.15) is 20.7 Å². The smallest absolute Gasteiger partial charge is 0.338 e. The highest BCUT2D eigenvalue weighted by molar-refractivity contribution is 8.00. The molecule has 0 aromatic heterocycles. The van der Waals surface area contributed by atoms with Crippen LogP contribution < -0.4 is 14.8 Å². The minimum absolute atomic E-state index is 0.127. The monoisotopic (exact) mass is 387 g/mol. The van der Waals surface area contributed by atoms with E-state index in [-0.39, 0.29) is 17.0 Å². The normalized spacial score (nSPS) is 12.6. The van der Waals surface area contributed by atoms with Gasteiger partial charge in [-0.1, -0.05) is 0 Å². The minimum Gasteiger partial charge on any atom is -0.497 e. The number of carbonyl (C=O) groups is 3. The second-order valence-corrected chi connectivity index (χ2v) is 6.63. The second kappa shape index (κ2) is 8.13. The van der Waals surface area contributed by atoms with E-state index in [2.05, 4.69) is 5.32 Å². The highest BCUT2D eigenvalue weighted by Crippen LogP contribution is 2.32. The van der Waals surface area contributed by atoms with Crippen LogP contribution in [0.5, 0.6) is 11.5 Å². The van der Waals surface area contributed by atoms with Gasteiger partial charge >= 0.3 is 5.97 Å². The zero-order valence-corrected chi connectivity index (χ0v) is 15.6. The van der Waals surface area contributed by atoms with E-state index < -0.39 is 18.4 Å². The van der Waals surface area contributed by atoms with E-state index in [1.54, 1.807) is 30.3 Å². The molecule has 1 N–H and O–H groups in total. The maximum atomic E-state index is 12.4. The number of amides is 1. The van der Waals surface area contributed by atoms with E-state index in [1.165, 1.54) is 32.0 Å². The third-order valence-electron chi connectivity index (χ3n) is 3.89. The summed E-state index contributed by atoms with van der Waals surface area (Å²) in [5.74, 6) is 0.00375. The van der Waals surface area contributed by atoms with E-state index in [1.807, 2.05) is 0 Å². The summed E-state index contributed by atoms with van der Waals surface area (Å²) in [6.45, 7) is -0.444. The molecule has 0 atom stereocenters. The number of methoxy groups -OCH3 is 2. The molecule has 1 heterocycles. The molecule has 7 nitrogen and oxygen atoms in total. The zero-order chi connectivity index (χ0) is 19.4. The van der Waals surface area contributed by atoms with Crippen molar-refractivity contribution in [3.05, 3.63) is 47.5 Å². The Labute approximate surface area is 160 Å². The summed E-state index contributed by atoms with van der Waals surface area (Å²) in [7, 11) is 2.94. The van der Waals surface area contributed by atoms with Crippen LogP contribution in [0.4, 0.5) is 5.69 Å². The van der Waals surface area contributed by atoms with Crippen molar-refractivity contribution in [1.82, 2.24) is 0 Å². The molecule has 0 bridgehead atoms. The standard InChI is InChI=1S/C19H17NO6S/c1-24-12-4-5-16(25-2)13(8-12)15(21)9-26-19(23)11-3-6-17-14(7-11)20-18(22)10-27-17/h3-8H,9-10H2,1-2H3,(H,20,22). The molecule has 27 heavy (non-hydrogen) atoms. The number of fused-ring (bicyclic) bond motifs is 1. The third kappa shape index (κ3) is 4.22. The van der Waals surface area contributed by atoms with Gasteiger partial charge in [0, 0.05) is 4.90 Å². The van der Waals surface area contributed by atoms with Crippen LogP contribution in [0.15, 0.2) is 41.3 Å². The summed E-state index contributed by atoms with van der Waals surface area (Å²) in [4.78, 5) is 37.1. The molecule has 3 rings (SSSR count). The lowest BCUT2D eigenvalue weighted by atomic mass is 10.1. The van der Waals surface area contributed by atoms with Crippen LogP contribution in [0.25, 0.3) is 0 Å². The number of nitrogens with one attached hydrogen (secondary N) is 1. The average Bonchev–Trinajstić information content (AvgIpc) is 2.70. The Morgan fingerprint density at radius 2 is 1.93 bits per heavy atom. The van der Waals surface area contributed by atoms with Crippen LogP contribution >= 0.6 is 11.8 Å². The predicted octanol–water partition coefficient (Wildman–Crippen LogP) is 2.79. The topological polar surface area (TPSA) is 90.9 Å². The number of hydrogen-bond donors (Lipinski definition) is 1. The Morgan fingerprint density at radius 3 is 2.67 bits per heavy atom. The van der Waals surface area contributed by atoms with Crippen LogP contribution in [-0.2, 0) is 9.53 Å². The zero-order valence-electron chi connectivity index (χ0n) is 14.7. The Bertz CT molecular complexity index is 911. The first kappa shape index (κ1) is 18.8. The molecule has 0 aliphatic carbocycles. The van der Waals surface area contributed by atoms with Gasteiger partial charge in [-0.2, -0.15) is 0 Å². The Kier molecular flexibility index (Phi) is 5.66. The Hall–Kier alpha value is -3.00. The lowest BCUT2D eigenvalue weighted by Crippen LogP contribution is -2.19. The first-order chi connectivity index (χ1) is 13.0. The fourth-order valence-corrected chi connectivity index (χ4v) is 3.32. The molecular weight excluding hydrogens is 370 g/mol. The van der Waals surface area contributed by atoms with Crippen molar-refractivity contribution in [3.8, 4) is 11.5 Å². The number of ketones is 1. The van der Waals surface area contributed by atoms with Crippen molar-refractivity contribution in [3.63, 3.8) is 0 Å². The highest BCUT2D eigenvalue weighted by Gasteiger charge is 2.20. The van der Waals surface area contributed by atoms with Gasteiger partial charge in [-0.15, -0.1) is 11.8 Å². The van der Waals surface area contributed by atoms with Gasteiger partial charge in [-0.3, -0.25) is 9.59 Å². The predicted molar refractivity (Wildman–Crippen MR) is 100.0 cm³/mol. The molecule has 1 aliphatic heterocycles. The molecule has 1 aliphatic rings. The van der Waals surface area contributed by atoms with E-state index in [9.17, 15) is 14.4 Å². The molecule has 0 saturated carbocycles. The molecule has 0 saturated heterocycles. The molecule has 0 radical (unpaired) electrons. The lowest BCUT2D eigenvalue weighted by molar-refractivity contribution is -0.113. The minimum atomic E-state index is -0.655. The van der Waals surface area contributed by atoms with Crippen molar-refractivity contribution in [1.29, 1.82) is 0 Å². The van der Waals surface area contributed by atoms with Gasteiger partial charge in [0.25, 0.3) is 0 Å². The van der Waals surface area contributed by atoms with Gasteiger partial charge in [0.05, 0.1) is 36.8 Å². The SMILES string of the molecule is COc1ccc(OC)c(C(=O)COC(=O)c2ccc3c(c2)NC(=O)CS3)c1. The summed E-state index contributed by atoms with van der Waals surface area (Å²) in [6, 6.07) is 9.68. The molecule has 0 unspecified atom stereocenters. The van der Waals surface area contributed by atoms with Crippen LogP contribution in [0.2, 0.25) is 0 Å². The summed E-state index contributed by atoms with van der Waals surface area (Å²) in [5.41, 5.74) is 1.08. The van der Waals surface area contributed by atoms with Gasteiger partial charge in [-0.05, 0) is 36.4 Å². The second-order valence-electron chi connectivity index (χ2n) is 5.61. The van der Waals surface area contributed by atoms with Crippen LogP contribution in [0, 0.1) is 0 Å². The summed E-state index contributed by atoms with van der Waals surface area (Å²) in [5, 5.41) is 2.71. The van der Waals surface area contributed by atoms with Crippen molar-refractivity contribution >= 4 is 35.1 Å². The maximum absolute atomic E-state index is 12.4.